The fourth-order valence-corrected chi connectivity index (χ4v) is 12.5. The molecule has 0 bridgehead atoms. The molecule has 4 fully saturated rings. The van der Waals surface area contributed by atoms with Crippen LogP contribution in [0.4, 0.5) is 0 Å². The third kappa shape index (κ3) is 26.3. The van der Waals surface area contributed by atoms with Crippen LogP contribution in [0.5, 0.6) is 69.0 Å². The molecule has 0 aromatic heterocycles. The van der Waals surface area contributed by atoms with Crippen LogP contribution in [0.3, 0.4) is 0 Å². The highest BCUT2D eigenvalue weighted by Gasteiger charge is 2.57. The Morgan fingerprint density at radius 3 is 0.726 bits per heavy atom. The van der Waals surface area contributed by atoms with Crippen LogP contribution >= 0.6 is 0 Å². The number of carbonyl (C=O) groups excluding carboxylic acids is 6. The standard InChI is InChI=1S/2C25H24O12.2C16H18O9/c26-15-5-1-13(9-17(15)28)3-7-21(31)36-20-12-25(24(34)35,11-19(30)23(20)33)37-22(32)8-4-14-2-6-16(27)18(29)10-14;26-15-5-1-13(9-17(15)28)3-7-21(32)36-23-19(30)11-25(24(34)35,12-20(23)31)37-22(33)8-4-14-2-6-16(27)18(29)10-14;17-9-3-1-8(5-10(9)18)2-4-13(20)25-12-7-16(24,15(22)23)6-11(19)14(12)21;17-9-3-1-8(5-10(9)18)2-4-13(21)25-14-11(19)6-16(24,15(22)23)7-12(14)20/h1-10,19-20,23,26-30,33H,11-12H2,(H,34,35);1-10,19-20,23,26-31H,11-12H2,(H,34,35);1-5,11-12,14,17-19,21,24H,6-7H2,(H,22,23);1-5,11-12,14,17-20,24H,6-7H2,(H,22,23)/b2*7-3+,8-4+;4-2+;/t19-,20-,23-,25+;19-,20-,23?,25?;11-,12-,14-,16+;11-,12-,14?,16?/m1111/s1. The molecule has 12 atom stereocenters. The summed E-state index contributed by atoms with van der Waals surface area (Å²) in [5.74, 6) is -17.2. The predicted octanol–water partition coefficient (Wildman–Crippen LogP) is 0.767. The van der Waals surface area contributed by atoms with Crippen LogP contribution in [-0.2, 0) is 76.4 Å². The Kier molecular flexibility index (Phi) is 32.6. The second-order valence-electron chi connectivity index (χ2n) is 28.4. The van der Waals surface area contributed by atoms with Crippen LogP contribution < -0.4 is 0 Å². The van der Waals surface area contributed by atoms with Crippen molar-refractivity contribution in [3.05, 3.63) is 179 Å². The zero-order valence-electron chi connectivity index (χ0n) is 64.1. The van der Waals surface area contributed by atoms with Gasteiger partial charge in [0.1, 0.15) is 24.4 Å². The van der Waals surface area contributed by atoms with E-state index in [0.717, 1.165) is 48.6 Å². The Hall–Kier alpha value is -14.3. The molecule has 4 aliphatic rings. The molecule has 4 saturated carbocycles. The largest absolute Gasteiger partial charge is 0.504 e. The molecular weight excluding hydrogens is 1660 g/mol. The molecule has 0 saturated heterocycles. The Balaban J connectivity index is 0.000000231. The number of aliphatic hydroxyl groups excluding tert-OH is 8. The van der Waals surface area contributed by atoms with E-state index in [0.29, 0.717) is 27.8 Å². The average molecular weight is 1740 g/mol. The van der Waals surface area contributed by atoms with Crippen LogP contribution in [0, 0.1) is 0 Å². The topological polar surface area (TPSA) is 752 Å². The molecule has 0 amide bonds. The number of aromatic hydroxyl groups is 12. The van der Waals surface area contributed by atoms with Gasteiger partial charge < -0.3 is 161 Å². The molecular formula is C82H84O42. The van der Waals surface area contributed by atoms with E-state index in [-0.39, 0.29) is 51.6 Å². The number of hydrogen-bond acceptors (Lipinski definition) is 38. The number of aliphatic carboxylic acids is 4. The summed E-state index contributed by atoms with van der Waals surface area (Å²) >= 11 is 0. The van der Waals surface area contributed by atoms with Crippen molar-refractivity contribution in [3.63, 3.8) is 0 Å². The molecule has 42 nitrogen and oxygen atoms in total. The minimum atomic E-state index is -2.34. The van der Waals surface area contributed by atoms with Crippen molar-refractivity contribution in [2.75, 3.05) is 0 Å². The van der Waals surface area contributed by atoms with Crippen molar-refractivity contribution < 1.29 is 209 Å². The van der Waals surface area contributed by atoms with Crippen LogP contribution in [0.25, 0.3) is 36.5 Å². The number of esters is 6. The van der Waals surface area contributed by atoms with E-state index in [9.17, 15) is 171 Å². The van der Waals surface area contributed by atoms with Crippen molar-refractivity contribution in [2.24, 2.45) is 0 Å². The number of phenolic OH excluding ortho intramolecular Hbond substituents is 12. The zero-order chi connectivity index (χ0) is 92.2. The molecule has 0 aliphatic heterocycles. The van der Waals surface area contributed by atoms with Gasteiger partial charge in [-0.15, -0.1) is 0 Å². The molecule has 26 N–H and O–H groups in total. The van der Waals surface area contributed by atoms with Gasteiger partial charge >= 0.3 is 59.7 Å². The number of benzene rings is 6. The quantitative estimate of drug-likeness (QED) is 0.0193. The highest BCUT2D eigenvalue weighted by Crippen LogP contribution is 2.40. The van der Waals surface area contributed by atoms with Crippen molar-refractivity contribution in [1.29, 1.82) is 0 Å². The highest BCUT2D eigenvalue weighted by atomic mass is 16.6. The van der Waals surface area contributed by atoms with E-state index in [2.05, 4.69) is 0 Å². The Morgan fingerprint density at radius 1 is 0.258 bits per heavy atom. The third-order valence-corrected chi connectivity index (χ3v) is 19.1. The first kappa shape index (κ1) is 96.8. The highest BCUT2D eigenvalue weighted by molar-refractivity contribution is 5.93. The second-order valence-corrected chi connectivity index (χ2v) is 28.4. The molecule has 124 heavy (non-hydrogen) atoms. The van der Waals surface area contributed by atoms with E-state index in [4.69, 9.17) is 38.6 Å². The van der Waals surface area contributed by atoms with Gasteiger partial charge in [0.25, 0.3) is 0 Å². The van der Waals surface area contributed by atoms with Crippen molar-refractivity contribution in [3.8, 4) is 69.0 Å². The molecule has 0 spiro atoms. The molecule has 0 unspecified atom stereocenters. The van der Waals surface area contributed by atoms with Crippen molar-refractivity contribution in [1.82, 2.24) is 0 Å². The number of hydrogen-bond donors (Lipinski definition) is 26. The summed E-state index contributed by atoms with van der Waals surface area (Å²) in [5.41, 5.74) is -7.26. The molecule has 0 heterocycles. The SMILES string of the molecule is O=C(/C=C/c1ccc(O)c(O)c1)OC1[C@H](O)CC(OC(=O)/C=C/c2ccc(O)c(O)c2)(C(=O)O)C[C@H]1O.O=C(/C=C/c1ccc(O)c(O)c1)O[C@@H]1C[C@](O)(C(=O)O)C[C@@H](O)[C@H]1O.O=C(/C=C/c1ccc(O)c(O)c1)O[C@@H]1C[C@](OC(=O)/C=C/c2ccc(O)c(O)c2)(C(=O)O)C[C@@H](O)[C@H]1O.O=C(C=Cc1ccc(O)c(O)c1)OC1[C@H](O)CC(O)(C(=O)O)C[C@H]1O. The van der Waals surface area contributed by atoms with Crippen molar-refractivity contribution in [2.45, 2.75) is 147 Å². The van der Waals surface area contributed by atoms with E-state index >= 15 is 0 Å². The summed E-state index contributed by atoms with van der Waals surface area (Å²) < 4.78 is 30.2. The maximum atomic E-state index is 12.4. The minimum Gasteiger partial charge on any atom is -0.504 e. The first-order valence-corrected chi connectivity index (χ1v) is 36.4. The van der Waals surface area contributed by atoms with E-state index in [1.165, 1.54) is 134 Å². The number of aliphatic hydroxyl groups is 10. The summed E-state index contributed by atoms with van der Waals surface area (Å²) in [6, 6.07) is 22.6. The smallest absolute Gasteiger partial charge is 0.348 e. The summed E-state index contributed by atoms with van der Waals surface area (Å²) in [4.78, 5) is 119. The van der Waals surface area contributed by atoms with Gasteiger partial charge in [0, 0.05) is 87.8 Å². The lowest BCUT2D eigenvalue weighted by Crippen LogP contribution is -2.58. The number of carbonyl (C=O) groups is 10. The van der Waals surface area contributed by atoms with Crippen molar-refractivity contribution >= 4 is 96.1 Å². The second kappa shape index (κ2) is 41.8. The van der Waals surface area contributed by atoms with Gasteiger partial charge in [0.05, 0.1) is 36.6 Å². The Labute approximate surface area is 697 Å². The maximum absolute atomic E-state index is 12.4. The number of ether oxygens (including phenoxy) is 6. The molecule has 664 valence electrons. The summed E-state index contributed by atoms with van der Waals surface area (Å²) in [7, 11) is 0. The lowest BCUT2D eigenvalue weighted by molar-refractivity contribution is -0.207. The van der Waals surface area contributed by atoms with Gasteiger partial charge in [-0.1, -0.05) is 36.4 Å². The Bertz CT molecular complexity index is 5100. The van der Waals surface area contributed by atoms with Gasteiger partial charge in [-0.25, -0.2) is 47.9 Å². The maximum Gasteiger partial charge on any atom is 0.348 e. The van der Waals surface area contributed by atoms with Gasteiger partial charge in [0.15, 0.2) is 92.4 Å². The number of phenols is 12. The number of carboxylic acid groups (broad SMARTS) is 4. The average Bonchev–Trinajstić information content (AvgIpc) is 0.782. The molecule has 42 heteroatoms. The lowest BCUT2D eigenvalue weighted by atomic mass is 9.79. The van der Waals surface area contributed by atoms with Gasteiger partial charge in [-0.2, -0.15) is 0 Å². The first-order valence-electron chi connectivity index (χ1n) is 36.4. The first-order chi connectivity index (χ1) is 58.0. The van der Waals surface area contributed by atoms with Gasteiger partial charge in [-0.05, 0) is 143 Å². The summed E-state index contributed by atoms with van der Waals surface area (Å²) in [6.45, 7) is 0. The normalized spacial score (nSPS) is 26.0. The minimum absolute atomic E-state index is 0.288. The predicted molar refractivity (Wildman–Crippen MR) is 415 cm³/mol. The van der Waals surface area contributed by atoms with E-state index < -0.39 is 230 Å². The molecule has 6 aromatic carbocycles. The summed E-state index contributed by atoms with van der Waals surface area (Å²) in [5, 5.41) is 250. The van der Waals surface area contributed by atoms with Crippen LogP contribution in [0.15, 0.2) is 146 Å². The molecule has 0 radical (unpaired) electrons. The fourth-order valence-electron chi connectivity index (χ4n) is 12.5. The van der Waals surface area contributed by atoms with E-state index in [1.807, 2.05) is 0 Å². The molecule has 4 aliphatic carbocycles. The summed E-state index contributed by atoms with van der Waals surface area (Å²) in [6.07, 6.45) is -11.0. The third-order valence-electron chi connectivity index (χ3n) is 19.1. The van der Waals surface area contributed by atoms with Gasteiger partial charge in [0.2, 0.25) is 11.2 Å². The van der Waals surface area contributed by atoms with E-state index in [1.54, 1.807) is 0 Å². The van der Waals surface area contributed by atoms with Crippen LogP contribution in [-0.4, -0.2) is 288 Å². The Morgan fingerprint density at radius 2 is 0.468 bits per heavy atom. The van der Waals surface area contributed by atoms with Crippen LogP contribution in [0.1, 0.15) is 84.7 Å². The zero-order valence-corrected chi connectivity index (χ0v) is 64.1. The van der Waals surface area contributed by atoms with Gasteiger partial charge in [-0.3, -0.25) is 0 Å². The fraction of sp³-hybridized carbons (Fsp3) is 0.293. The number of rotatable bonds is 22. The molecule has 10 rings (SSSR count). The lowest BCUT2D eigenvalue weighted by Gasteiger charge is -2.41. The number of carboxylic acids is 4. The van der Waals surface area contributed by atoms with Crippen LogP contribution in [0.2, 0.25) is 0 Å². The monoisotopic (exact) mass is 1740 g/mol. The molecule has 6 aromatic rings.